The fourth-order valence-corrected chi connectivity index (χ4v) is 2.91. The highest BCUT2D eigenvalue weighted by atomic mass is 35.5. The average Bonchev–Trinajstić information content (AvgIpc) is 3.11. The van der Waals surface area contributed by atoms with Crippen LogP contribution in [0.1, 0.15) is 12.8 Å². The van der Waals surface area contributed by atoms with Crippen LogP contribution in [0.2, 0.25) is 5.02 Å². The van der Waals surface area contributed by atoms with Gasteiger partial charge in [-0.2, -0.15) is 0 Å². The molecule has 1 saturated carbocycles. The predicted molar refractivity (Wildman–Crippen MR) is 69.5 cm³/mol. The van der Waals surface area contributed by atoms with Gasteiger partial charge in [0.2, 0.25) is 0 Å². The van der Waals surface area contributed by atoms with Crippen molar-refractivity contribution < 1.29 is 9.90 Å². The van der Waals surface area contributed by atoms with Gasteiger partial charge in [-0.15, -0.1) is 11.8 Å². The summed E-state index contributed by atoms with van der Waals surface area (Å²) in [6.07, 6.45) is 1.84. The van der Waals surface area contributed by atoms with E-state index in [0.29, 0.717) is 10.8 Å². The summed E-state index contributed by atoms with van der Waals surface area (Å²) < 4.78 is 0. The van der Waals surface area contributed by atoms with Crippen molar-refractivity contribution in [2.24, 2.45) is 11.7 Å². The van der Waals surface area contributed by atoms with E-state index in [-0.39, 0.29) is 5.92 Å². The molecule has 1 unspecified atom stereocenters. The summed E-state index contributed by atoms with van der Waals surface area (Å²) in [6.45, 7) is 0. The highest BCUT2D eigenvalue weighted by Crippen LogP contribution is 2.41. The molecule has 1 aliphatic rings. The van der Waals surface area contributed by atoms with Gasteiger partial charge in [0.05, 0.1) is 0 Å². The van der Waals surface area contributed by atoms with Gasteiger partial charge in [0.15, 0.2) is 0 Å². The monoisotopic (exact) mass is 271 g/mol. The quantitative estimate of drug-likeness (QED) is 0.808. The van der Waals surface area contributed by atoms with Crippen molar-refractivity contribution in [3.63, 3.8) is 0 Å². The minimum atomic E-state index is -1.09. The Balaban J connectivity index is 2.00. The number of halogens is 1. The Morgan fingerprint density at radius 2 is 2.06 bits per heavy atom. The third-order valence-corrected chi connectivity index (χ3v) is 4.47. The number of carboxylic acid groups (broad SMARTS) is 1. The Kier molecular flexibility index (Phi) is 3.66. The zero-order chi connectivity index (χ0) is 12.5. The summed E-state index contributed by atoms with van der Waals surface area (Å²) in [5.41, 5.74) is 4.88. The van der Waals surface area contributed by atoms with E-state index in [9.17, 15) is 9.90 Å². The maximum atomic E-state index is 11.2. The van der Waals surface area contributed by atoms with E-state index in [1.165, 1.54) is 11.8 Å². The summed E-state index contributed by atoms with van der Waals surface area (Å²) in [4.78, 5) is 12.2. The Hall–Kier alpha value is -0.710. The number of thioether (sulfide) groups is 1. The van der Waals surface area contributed by atoms with E-state index in [0.717, 1.165) is 17.7 Å². The van der Waals surface area contributed by atoms with E-state index in [1.54, 1.807) is 12.1 Å². The van der Waals surface area contributed by atoms with Gasteiger partial charge in [0.1, 0.15) is 5.54 Å². The molecule has 17 heavy (non-hydrogen) atoms. The lowest BCUT2D eigenvalue weighted by molar-refractivity contribution is -0.143. The highest BCUT2D eigenvalue weighted by Gasteiger charge is 2.48. The Morgan fingerprint density at radius 3 is 2.53 bits per heavy atom. The molecule has 5 heteroatoms. The van der Waals surface area contributed by atoms with Crippen LogP contribution in [-0.4, -0.2) is 22.4 Å². The van der Waals surface area contributed by atoms with Crippen LogP contribution in [0, 0.1) is 5.92 Å². The first kappa shape index (κ1) is 12.7. The molecule has 1 aromatic rings. The molecule has 0 heterocycles. The van der Waals surface area contributed by atoms with Crippen molar-refractivity contribution in [2.45, 2.75) is 23.3 Å². The number of nitrogens with two attached hydrogens (primary N) is 1. The van der Waals surface area contributed by atoms with Crippen molar-refractivity contribution in [1.82, 2.24) is 0 Å². The minimum Gasteiger partial charge on any atom is -0.480 e. The van der Waals surface area contributed by atoms with Crippen molar-refractivity contribution in [3.8, 4) is 0 Å². The van der Waals surface area contributed by atoms with Gasteiger partial charge in [-0.3, -0.25) is 4.79 Å². The van der Waals surface area contributed by atoms with E-state index < -0.39 is 11.5 Å². The number of hydrogen-bond acceptors (Lipinski definition) is 3. The lowest BCUT2D eigenvalue weighted by Crippen LogP contribution is -2.52. The van der Waals surface area contributed by atoms with Gasteiger partial charge in [-0.1, -0.05) is 11.6 Å². The molecule has 1 atom stereocenters. The Morgan fingerprint density at radius 1 is 1.47 bits per heavy atom. The molecule has 2 rings (SSSR count). The summed E-state index contributed by atoms with van der Waals surface area (Å²) >= 11 is 7.25. The molecule has 0 aromatic heterocycles. The van der Waals surface area contributed by atoms with Crippen LogP contribution in [0.4, 0.5) is 0 Å². The smallest absolute Gasteiger partial charge is 0.324 e. The number of carboxylic acids is 1. The number of rotatable bonds is 5. The molecule has 0 radical (unpaired) electrons. The van der Waals surface area contributed by atoms with Gasteiger partial charge in [0.25, 0.3) is 0 Å². The Labute approximate surface area is 109 Å². The van der Waals surface area contributed by atoms with Crippen molar-refractivity contribution in [3.05, 3.63) is 29.3 Å². The molecule has 0 amide bonds. The van der Waals surface area contributed by atoms with Gasteiger partial charge < -0.3 is 10.8 Å². The SMILES string of the molecule is NC(CSc1ccc(Cl)cc1)(C(=O)O)C1CC1. The summed E-state index contributed by atoms with van der Waals surface area (Å²) in [5.74, 6) is -0.379. The summed E-state index contributed by atoms with van der Waals surface area (Å²) in [5, 5.41) is 9.88. The van der Waals surface area contributed by atoms with Gasteiger partial charge in [-0.25, -0.2) is 0 Å². The molecule has 1 aromatic carbocycles. The first-order chi connectivity index (χ1) is 8.02. The second kappa shape index (κ2) is 4.88. The predicted octanol–water partition coefficient (Wildman–Crippen LogP) is 2.62. The standard InChI is InChI=1S/C12H14ClNO2S/c13-9-3-5-10(6-4-9)17-7-12(14,11(15)16)8-1-2-8/h3-6,8H,1-2,7,14H2,(H,15,16). The molecule has 0 saturated heterocycles. The maximum absolute atomic E-state index is 11.2. The third-order valence-electron chi connectivity index (χ3n) is 3.00. The van der Waals surface area contributed by atoms with Crippen LogP contribution in [0.3, 0.4) is 0 Å². The second-order valence-corrected chi connectivity index (χ2v) is 5.85. The largest absolute Gasteiger partial charge is 0.480 e. The van der Waals surface area contributed by atoms with Crippen molar-refractivity contribution >= 4 is 29.3 Å². The topological polar surface area (TPSA) is 63.3 Å². The molecule has 3 nitrogen and oxygen atoms in total. The van der Waals surface area contributed by atoms with E-state index in [4.69, 9.17) is 17.3 Å². The van der Waals surface area contributed by atoms with E-state index in [2.05, 4.69) is 0 Å². The van der Waals surface area contributed by atoms with Crippen LogP contribution < -0.4 is 5.73 Å². The third kappa shape index (κ3) is 2.94. The van der Waals surface area contributed by atoms with Crippen LogP contribution in [0.15, 0.2) is 29.2 Å². The normalized spacial score (nSPS) is 18.7. The second-order valence-electron chi connectivity index (χ2n) is 4.36. The van der Waals surface area contributed by atoms with Crippen molar-refractivity contribution in [2.75, 3.05) is 5.75 Å². The molecule has 1 aliphatic carbocycles. The fraction of sp³-hybridized carbons (Fsp3) is 0.417. The summed E-state index contributed by atoms with van der Waals surface area (Å²) in [6, 6.07) is 7.34. The van der Waals surface area contributed by atoms with E-state index >= 15 is 0 Å². The number of aliphatic carboxylic acids is 1. The van der Waals surface area contributed by atoms with Gasteiger partial charge in [-0.05, 0) is 43.0 Å². The summed E-state index contributed by atoms with van der Waals surface area (Å²) in [7, 11) is 0. The maximum Gasteiger partial charge on any atom is 0.324 e. The number of hydrogen-bond donors (Lipinski definition) is 2. The zero-order valence-corrected chi connectivity index (χ0v) is 10.8. The molecule has 0 aliphatic heterocycles. The molecule has 3 N–H and O–H groups in total. The molecule has 92 valence electrons. The van der Waals surface area contributed by atoms with Gasteiger partial charge in [0, 0.05) is 15.7 Å². The van der Waals surface area contributed by atoms with Crippen LogP contribution in [0.5, 0.6) is 0 Å². The highest BCUT2D eigenvalue weighted by molar-refractivity contribution is 7.99. The molecule has 0 bridgehead atoms. The average molecular weight is 272 g/mol. The van der Waals surface area contributed by atoms with Crippen LogP contribution in [0.25, 0.3) is 0 Å². The lowest BCUT2D eigenvalue weighted by atomic mass is 9.98. The first-order valence-electron chi connectivity index (χ1n) is 5.43. The van der Waals surface area contributed by atoms with Gasteiger partial charge >= 0.3 is 5.97 Å². The van der Waals surface area contributed by atoms with Crippen LogP contribution in [-0.2, 0) is 4.79 Å². The number of carbonyl (C=O) groups is 1. The van der Waals surface area contributed by atoms with E-state index in [1.807, 2.05) is 12.1 Å². The number of benzene rings is 1. The fourth-order valence-electron chi connectivity index (χ4n) is 1.69. The minimum absolute atomic E-state index is 0.125. The first-order valence-corrected chi connectivity index (χ1v) is 6.79. The lowest BCUT2D eigenvalue weighted by Gasteiger charge is -2.23. The zero-order valence-electron chi connectivity index (χ0n) is 9.23. The molecular weight excluding hydrogens is 258 g/mol. The molecular formula is C12H14ClNO2S. The molecule has 0 spiro atoms. The Bertz CT molecular complexity index is 419. The van der Waals surface area contributed by atoms with Crippen LogP contribution >= 0.6 is 23.4 Å². The van der Waals surface area contributed by atoms with Crippen molar-refractivity contribution in [1.29, 1.82) is 0 Å². The molecule has 1 fully saturated rings.